The van der Waals surface area contributed by atoms with Crippen molar-refractivity contribution in [3.8, 4) is 23.0 Å². The van der Waals surface area contributed by atoms with E-state index in [0.29, 0.717) is 29.2 Å². The summed E-state index contributed by atoms with van der Waals surface area (Å²) in [5, 5.41) is 30.2. The third-order valence-corrected chi connectivity index (χ3v) is 9.89. The Labute approximate surface area is 346 Å². The molecule has 0 aliphatic heterocycles. The summed E-state index contributed by atoms with van der Waals surface area (Å²) in [6.07, 6.45) is 0.150. The van der Waals surface area contributed by atoms with E-state index in [2.05, 4.69) is 27.0 Å². The quantitative estimate of drug-likeness (QED) is 0.0457. The van der Waals surface area contributed by atoms with Crippen LogP contribution in [0.25, 0.3) is 0 Å². The Hall–Kier alpha value is -6.17. The number of aliphatic hydroxyl groups is 2. The maximum Gasteiger partial charge on any atom is 0.338 e. The van der Waals surface area contributed by atoms with Gasteiger partial charge in [-0.15, -0.1) is 0 Å². The van der Waals surface area contributed by atoms with Crippen LogP contribution in [0.5, 0.6) is 23.0 Å². The summed E-state index contributed by atoms with van der Waals surface area (Å²) in [5.74, 6) is -0.0945. The van der Waals surface area contributed by atoms with Crippen molar-refractivity contribution < 1.29 is 53.4 Å². The van der Waals surface area contributed by atoms with Crippen molar-refractivity contribution >= 4 is 17.9 Å². The van der Waals surface area contributed by atoms with Gasteiger partial charge in [-0.1, -0.05) is 88.5 Å². The minimum absolute atomic E-state index is 0.102. The lowest BCUT2D eigenvalue weighted by atomic mass is 9.73. The topological polar surface area (TPSA) is 158 Å². The van der Waals surface area contributed by atoms with Crippen LogP contribution in [-0.2, 0) is 34.7 Å². The maximum absolute atomic E-state index is 13.4. The fraction of sp³-hybridized carbons (Fsp3) is 0.312. The zero-order chi connectivity index (χ0) is 43.3. The molecular formula is C48H54O11. The number of esters is 3. The van der Waals surface area contributed by atoms with Gasteiger partial charge in [0.25, 0.3) is 0 Å². The predicted molar refractivity (Wildman–Crippen MR) is 225 cm³/mol. The Kier molecular flexibility index (Phi) is 15.8. The lowest BCUT2D eigenvalue weighted by Gasteiger charge is -2.31. The van der Waals surface area contributed by atoms with Gasteiger partial charge in [0, 0.05) is 27.5 Å². The van der Waals surface area contributed by atoms with Crippen molar-refractivity contribution in [2.75, 3.05) is 26.4 Å². The summed E-state index contributed by atoms with van der Waals surface area (Å²) in [6.45, 7) is 17.3. The lowest BCUT2D eigenvalue weighted by Crippen LogP contribution is -2.26. The number of hydrogen-bond acceptors (Lipinski definition) is 11. The first-order valence-corrected chi connectivity index (χ1v) is 19.2. The third kappa shape index (κ3) is 12.9. The Morgan fingerprint density at radius 3 is 1.36 bits per heavy atom. The molecule has 0 fully saturated rings. The number of aliphatic hydroxyl groups excluding tert-OH is 2. The van der Waals surface area contributed by atoms with Crippen LogP contribution in [0, 0.1) is 0 Å². The second-order valence-electron chi connectivity index (χ2n) is 15.2. The Morgan fingerprint density at radius 2 is 0.949 bits per heavy atom. The number of rotatable bonds is 20. The number of allylic oxidation sites excluding steroid dienone is 1. The van der Waals surface area contributed by atoms with Crippen molar-refractivity contribution in [2.24, 2.45) is 0 Å². The van der Waals surface area contributed by atoms with E-state index in [1.165, 1.54) is 13.8 Å². The summed E-state index contributed by atoms with van der Waals surface area (Å²) < 4.78 is 27.3. The van der Waals surface area contributed by atoms with E-state index in [1.807, 2.05) is 61.5 Å². The molecule has 0 saturated heterocycles. The highest BCUT2D eigenvalue weighted by Crippen LogP contribution is 2.38. The van der Waals surface area contributed by atoms with Gasteiger partial charge in [-0.05, 0) is 98.0 Å². The number of hydrogen-bond donors (Lipinski definition) is 3. The Morgan fingerprint density at radius 1 is 0.576 bits per heavy atom. The molecular weight excluding hydrogens is 753 g/mol. The molecule has 3 N–H and O–H groups in total. The first-order valence-electron chi connectivity index (χ1n) is 19.2. The van der Waals surface area contributed by atoms with E-state index in [0.717, 1.165) is 22.3 Å². The summed E-state index contributed by atoms with van der Waals surface area (Å²) >= 11 is 0. The molecule has 0 saturated carbocycles. The van der Waals surface area contributed by atoms with E-state index >= 15 is 0 Å². The molecule has 11 heteroatoms. The third-order valence-electron chi connectivity index (χ3n) is 9.89. The van der Waals surface area contributed by atoms with Crippen LogP contribution in [0.2, 0.25) is 0 Å². The van der Waals surface area contributed by atoms with E-state index < -0.39 is 35.5 Å². The number of phenolic OH excluding ortho intramolecular Hbond substituents is 1. The number of aromatic hydroxyl groups is 1. The minimum Gasteiger partial charge on any atom is -0.508 e. The van der Waals surface area contributed by atoms with Crippen LogP contribution < -0.4 is 14.2 Å². The second-order valence-corrected chi connectivity index (χ2v) is 15.2. The summed E-state index contributed by atoms with van der Waals surface area (Å²) in [6, 6.07) is 29.2. The van der Waals surface area contributed by atoms with Gasteiger partial charge in [0.2, 0.25) is 0 Å². The number of carbonyl (C=O) groups is 3. The highest BCUT2D eigenvalue weighted by Gasteiger charge is 2.29. The molecule has 11 nitrogen and oxygen atoms in total. The molecule has 2 atom stereocenters. The zero-order valence-electron chi connectivity index (χ0n) is 34.5. The van der Waals surface area contributed by atoms with Crippen LogP contribution >= 0.6 is 0 Å². The van der Waals surface area contributed by atoms with Crippen molar-refractivity contribution in [3.63, 3.8) is 0 Å². The van der Waals surface area contributed by atoms with Gasteiger partial charge in [-0.2, -0.15) is 0 Å². The lowest BCUT2D eigenvalue weighted by molar-refractivity contribution is -0.143. The fourth-order valence-electron chi connectivity index (χ4n) is 5.92. The largest absolute Gasteiger partial charge is 0.508 e. The molecule has 59 heavy (non-hydrogen) atoms. The Bertz CT molecular complexity index is 2010. The number of ether oxygens (including phenoxy) is 5. The maximum atomic E-state index is 13.4. The van der Waals surface area contributed by atoms with Crippen molar-refractivity contribution in [2.45, 2.75) is 71.0 Å². The standard InChI is InChI=1S/C48H54O11/c1-31(2)44(52)57-29-39(50)27-55-41-19-13-36(14-20-41)48(8,37-15-21-42(22-16-37)56-28-40(51)30-58-45(53)32(3)4)26-25-33(5)46(54)59-43-23-11-35(12-24-43)47(6,7)34-9-17-38(49)18-10-34/h9-25,39-40,49-51H,1,3,26-30H2,2,4-8H3. The highest BCUT2D eigenvalue weighted by molar-refractivity contribution is 5.89. The van der Waals surface area contributed by atoms with E-state index in [-0.39, 0.29) is 48.7 Å². The first kappa shape index (κ1) is 45.5. The molecule has 0 spiro atoms. The van der Waals surface area contributed by atoms with Gasteiger partial charge < -0.3 is 39.0 Å². The molecule has 0 aliphatic carbocycles. The minimum atomic E-state index is -1.04. The number of phenols is 1. The average Bonchev–Trinajstić information content (AvgIpc) is 3.22. The Balaban J connectivity index is 1.49. The summed E-state index contributed by atoms with van der Waals surface area (Å²) in [5.41, 5.74) is 3.69. The number of carbonyl (C=O) groups excluding carboxylic acids is 3. The molecule has 0 amide bonds. The van der Waals surface area contributed by atoms with Gasteiger partial charge >= 0.3 is 17.9 Å². The van der Waals surface area contributed by atoms with Crippen LogP contribution in [0.4, 0.5) is 0 Å². The fourth-order valence-corrected chi connectivity index (χ4v) is 5.92. The SMILES string of the molecule is C=C(C)C(=O)OCC(O)COc1ccc(C(C)(CC=C(C)C(=O)Oc2ccc(C(C)(C)c3ccc(O)cc3)cc2)c2ccc(OCC(O)COC(=O)C(=C)C)cc2)cc1. The predicted octanol–water partition coefficient (Wildman–Crippen LogP) is 7.68. The van der Waals surface area contributed by atoms with Crippen LogP contribution in [0.3, 0.4) is 0 Å². The first-order chi connectivity index (χ1) is 27.9. The normalized spacial score (nSPS) is 13.6. The van der Waals surface area contributed by atoms with Gasteiger partial charge in [0.15, 0.2) is 0 Å². The highest BCUT2D eigenvalue weighted by atomic mass is 16.6. The molecule has 0 radical (unpaired) electrons. The molecule has 2 unspecified atom stereocenters. The molecule has 4 aromatic carbocycles. The molecule has 0 aromatic heterocycles. The van der Waals surface area contributed by atoms with Crippen molar-refractivity contribution in [1.29, 1.82) is 0 Å². The summed E-state index contributed by atoms with van der Waals surface area (Å²) in [4.78, 5) is 36.7. The average molecular weight is 807 g/mol. The van der Waals surface area contributed by atoms with Gasteiger partial charge in [0.05, 0.1) is 0 Å². The van der Waals surface area contributed by atoms with Crippen molar-refractivity contribution in [1.82, 2.24) is 0 Å². The zero-order valence-corrected chi connectivity index (χ0v) is 34.5. The van der Waals surface area contributed by atoms with E-state index in [4.69, 9.17) is 23.7 Å². The second kappa shape index (κ2) is 20.5. The van der Waals surface area contributed by atoms with Gasteiger partial charge in [-0.3, -0.25) is 0 Å². The molecule has 0 aliphatic rings. The van der Waals surface area contributed by atoms with Crippen LogP contribution in [-0.4, -0.2) is 71.9 Å². The molecule has 4 aromatic rings. The van der Waals surface area contributed by atoms with Gasteiger partial charge in [-0.25, -0.2) is 14.4 Å². The van der Waals surface area contributed by atoms with Gasteiger partial charge in [0.1, 0.15) is 61.6 Å². The summed E-state index contributed by atoms with van der Waals surface area (Å²) in [7, 11) is 0. The van der Waals surface area contributed by atoms with Crippen LogP contribution in [0.1, 0.15) is 70.2 Å². The molecule has 0 heterocycles. The van der Waals surface area contributed by atoms with Crippen LogP contribution in [0.15, 0.2) is 133 Å². The molecule has 312 valence electrons. The molecule has 4 rings (SSSR count). The van der Waals surface area contributed by atoms with E-state index in [9.17, 15) is 29.7 Å². The number of benzene rings is 4. The smallest absolute Gasteiger partial charge is 0.338 e. The molecule has 0 bridgehead atoms. The van der Waals surface area contributed by atoms with Crippen molar-refractivity contribution in [3.05, 3.63) is 155 Å². The monoisotopic (exact) mass is 806 g/mol. The van der Waals surface area contributed by atoms with E-state index in [1.54, 1.807) is 55.5 Å².